The zero-order valence-corrected chi connectivity index (χ0v) is 12.0. The van der Waals surface area contributed by atoms with Gasteiger partial charge in [-0.25, -0.2) is 0 Å². The molecular formula is C14H25N3O3. The van der Waals surface area contributed by atoms with Crippen LogP contribution in [-0.4, -0.2) is 62.1 Å². The smallest absolute Gasteiger partial charge is 0.250 e. The molecule has 114 valence electrons. The van der Waals surface area contributed by atoms with E-state index in [2.05, 4.69) is 10.6 Å². The van der Waals surface area contributed by atoms with E-state index in [9.17, 15) is 9.59 Å². The molecule has 1 unspecified atom stereocenters. The van der Waals surface area contributed by atoms with Crippen molar-refractivity contribution in [2.24, 2.45) is 0 Å². The van der Waals surface area contributed by atoms with Gasteiger partial charge < -0.3 is 20.3 Å². The van der Waals surface area contributed by atoms with Gasteiger partial charge >= 0.3 is 0 Å². The number of rotatable bonds is 5. The number of hydrogen-bond acceptors (Lipinski definition) is 4. The fourth-order valence-corrected chi connectivity index (χ4v) is 2.60. The molecule has 2 rings (SSSR count). The number of ether oxygens (including phenoxy) is 1. The van der Waals surface area contributed by atoms with Gasteiger partial charge in [-0.3, -0.25) is 9.59 Å². The predicted molar refractivity (Wildman–Crippen MR) is 75.3 cm³/mol. The van der Waals surface area contributed by atoms with Crippen molar-refractivity contribution in [2.45, 2.75) is 38.2 Å². The number of likely N-dealkylation sites (tertiary alicyclic amines) is 1. The van der Waals surface area contributed by atoms with E-state index in [1.165, 1.54) is 0 Å². The summed E-state index contributed by atoms with van der Waals surface area (Å²) in [5.74, 6) is 0.202. The Morgan fingerprint density at radius 1 is 1.40 bits per heavy atom. The molecule has 2 amide bonds. The summed E-state index contributed by atoms with van der Waals surface area (Å²) in [7, 11) is 0. The van der Waals surface area contributed by atoms with Crippen molar-refractivity contribution in [3.8, 4) is 0 Å². The Labute approximate surface area is 120 Å². The maximum absolute atomic E-state index is 11.8. The summed E-state index contributed by atoms with van der Waals surface area (Å²) in [6, 6.07) is 0. The molecule has 6 nitrogen and oxygen atoms in total. The summed E-state index contributed by atoms with van der Waals surface area (Å²) >= 11 is 0. The summed E-state index contributed by atoms with van der Waals surface area (Å²) in [6.07, 6.45) is 4.36. The first-order chi connectivity index (χ1) is 9.77. The fraction of sp³-hybridized carbons (Fsp3) is 0.857. The van der Waals surface area contributed by atoms with Gasteiger partial charge in [-0.15, -0.1) is 0 Å². The topological polar surface area (TPSA) is 70.7 Å². The van der Waals surface area contributed by atoms with Crippen LogP contribution >= 0.6 is 0 Å². The Balaban J connectivity index is 1.60. The van der Waals surface area contributed by atoms with Gasteiger partial charge in [0.05, 0.1) is 6.61 Å². The molecule has 2 aliphatic rings. The van der Waals surface area contributed by atoms with Crippen LogP contribution in [0.4, 0.5) is 0 Å². The maximum atomic E-state index is 11.8. The molecule has 0 aromatic carbocycles. The van der Waals surface area contributed by atoms with Crippen LogP contribution in [0.2, 0.25) is 0 Å². The second kappa shape index (κ2) is 8.21. The van der Waals surface area contributed by atoms with E-state index in [0.29, 0.717) is 26.1 Å². The third-order valence-corrected chi connectivity index (χ3v) is 3.80. The van der Waals surface area contributed by atoms with Gasteiger partial charge in [0.2, 0.25) is 11.8 Å². The molecule has 2 aliphatic heterocycles. The van der Waals surface area contributed by atoms with E-state index in [-0.39, 0.29) is 17.9 Å². The molecule has 0 bridgehead atoms. The highest BCUT2D eigenvalue weighted by molar-refractivity contribution is 5.81. The second-order valence-corrected chi connectivity index (χ2v) is 5.40. The summed E-state index contributed by atoms with van der Waals surface area (Å²) in [6.45, 7) is 4.17. The zero-order chi connectivity index (χ0) is 14.2. The lowest BCUT2D eigenvalue weighted by Gasteiger charge is -2.23. The van der Waals surface area contributed by atoms with Gasteiger partial charge in [0, 0.05) is 39.1 Å². The van der Waals surface area contributed by atoms with E-state index in [4.69, 9.17) is 4.74 Å². The lowest BCUT2D eigenvalue weighted by atomic mass is 10.2. The molecule has 0 aromatic rings. The highest BCUT2D eigenvalue weighted by Gasteiger charge is 2.21. The monoisotopic (exact) mass is 283 g/mol. The molecule has 2 saturated heterocycles. The SMILES string of the molecule is O=C(NCCCN1CCCCCC1=O)C1CNCCO1. The van der Waals surface area contributed by atoms with Crippen LogP contribution in [0.5, 0.6) is 0 Å². The predicted octanol–water partition coefficient (Wildman–Crippen LogP) is -0.116. The van der Waals surface area contributed by atoms with E-state index >= 15 is 0 Å². The highest BCUT2D eigenvalue weighted by atomic mass is 16.5. The van der Waals surface area contributed by atoms with Crippen molar-refractivity contribution in [3.63, 3.8) is 0 Å². The van der Waals surface area contributed by atoms with E-state index in [1.54, 1.807) is 0 Å². The minimum atomic E-state index is -0.372. The van der Waals surface area contributed by atoms with Gasteiger partial charge in [-0.2, -0.15) is 0 Å². The lowest BCUT2D eigenvalue weighted by Crippen LogP contribution is -2.48. The lowest BCUT2D eigenvalue weighted by molar-refractivity contribution is -0.134. The number of morpholine rings is 1. The van der Waals surface area contributed by atoms with Crippen molar-refractivity contribution in [1.29, 1.82) is 0 Å². The first-order valence-electron chi connectivity index (χ1n) is 7.65. The van der Waals surface area contributed by atoms with E-state index in [1.807, 2.05) is 4.90 Å². The molecule has 0 radical (unpaired) electrons. The van der Waals surface area contributed by atoms with E-state index < -0.39 is 0 Å². The zero-order valence-electron chi connectivity index (χ0n) is 12.0. The molecule has 0 saturated carbocycles. The summed E-state index contributed by atoms with van der Waals surface area (Å²) < 4.78 is 5.38. The number of amides is 2. The number of nitrogens with one attached hydrogen (secondary N) is 2. The van der Waals surface area contributed by atoms with Crippen molar-refractivity contribution in [3.05, 3.63) is 0 Å². The average Bonchev–Trinajstić information content (AvgIpc) is 2.69. The third-order valence-electron chi connectivity index (χ3n) is 3.80. The summed E-state index contributed by atoms with van der Waals surface area (Å²) in [4.78, 5) is 25.5. The highest BCUT2D eigenvalue weighted by Crippen LogP contribution is 2.11. The Morgan fingerprint density at radius 3 is 3.10 bits per heavy atom. The first-order valence-corrected chi connectivity index (χ1v) is 7.65. The van der Waals surface area contributed by atoms with Gasteiger partial charge in [0.1, 0.15) is 6.10 Å². The number of hydrogen-bond donors (Lipinski definition) is 2. The molecule has 6 heteroatoms. The third kappa shape index (κ3) is 4.76. The molecule has 2 fully saturated rings. The first kappa shape index (κ1) is 15.3. The van der Waals surface area contributed by atoms with Crippen LogP contribution in [0.1, 0.15) is 32.1 Å². The Hall–Kier alpha value is -1.14. The van der Waals surface area contributed by atoms with Crippen LogP contribution in [0.25, 0.3) is 0 Å². The van der Waals surface area contributed by atoms with Crippen LogP contribution in [0.15, 0.2) is 0 Å². The van der Waals surface area contributed by atoms with Gasteiger partial charge in [0.15, 0.2) is 0 Å². The van der Waals surface area contributed by atoms with E-state index in [0.717, 1.165) is 45.3 Å². The standard InChI is InChI=1S/C14H25N3O3/c18-13-5-2-1-3-8-17(13)9-4-6-16-14(19)12-11-15-7-10-20-12/h12,15H,1-11H2,(H,16,19). The number of carbonyl (C=O) groups is 2. The average molecular weight is 283 g/mol. The van der Waals surface area contributed by atoms with Crippen molar-refractivity contribution in [2.75, 3.05) is 39.3 Å². The molecule has 0 aliphatic carbocycles. The number of carbonyl (C=O) groups excluding carboxylic acids is 2. The van der Waals surface area contributed by atoms with Gasteiger partial charge in [0.25, 0.3) is 0 Å². The molecule has 1 atom stereocenters. The normalized spacial score (nSPS) is 24.3. The van der Waals surface area contributed by atoms with Crippen LogP contribution in [0, 0.1) is 0 Å². The van der Waals surface area contributed by atoms with Crippen molar-refractivity contribution >= 4 is 11.8 Å². The molecule has 2 N–H and O–H groups in total. The minimum absolute atomic E-state index is 0.0561. The number of nitrogens with zero attached hydrogens (tertiary/aromatic N) is 1. The maximum Gasteiger partial charge on any atom is 0.250 e. The van der Waals surface area contributed by atoms with Crippen molar-refractivity contribution < 1.29 is 14.3 Å². The summed E-state index contributed by atoms with van der Waals surface area (Å²) in [5.41, 5.74) is 0. The molecule has 0 aromatic heterocycles. The van der Waals surface area contributed by atoms with Crippen molar-refractivity contribution in [1.82, 2.24) is 15.5 Å². The fourth-order valence-electron chi connectivity index (χ4n) is 2.60. The molecule has 2 heterocycles. The van der Waals surface area contributed by atoms with Crippen LogP contribution in [0.3, 0.4) is 0 Å². The summed E-state index contributed by atoms with van der Waals surface area (Å²) in [5, 5.41) is 6.01. The van der Waals surface area contributed by atoms with Crippen LogP contribution < -0.4 is 10.6 Å². The van der Waals surface area contributed by atoms with Gasteiger partial charge in [-0.1, -0.05) is 6.42 Å². The molecule has 20 heavy (non-hydrogen) atoms. The van der Waals surface area contributed by atoms with Gasteiger partial charge in [-0.05, 0) is 19.3 Å². The largest absolute Gasteiger partial charge is 0.366 e. The van der Waals surface area contributed by atoms with Crippen LogP contribution in [-0.2, 0) is 14.3 Å². The Morgan fingerprint density at radius 2 is 2.30 bits per heavy atom. The Bertz CT molecular complexity index is 330. The second-order valence-electron chi connectivity index (χ2n) is 5.40. The molecule has 0 spiro atoms. The quantitative estimate of drug-likeness (QED) is 0.690. The Kier molecular flexibility index (Phi) is 6.26. The molecular weight excluding hydrogens is 258 g/mol. The minimum Gasteiger partial charge on any atom is -0.366 e.